The molecule has 2 aromatic carbocycles. The lowest BCUT2D eigenvalue weighted by Gasteiger charge is -2.38. The number of Topliss-reactive ketones (excluding diaryl/α,β-unsaturated/α-hetero) is 1. The molecule has 0 bridgehead atoms. The van der Waals surface area contributed by atoms with Crippen LogP contribution in [0.25, 0.3) is 0 Å². The van der Waals surface area contributed by atoms with Crippen molar-refractivity contribution in [1.82, 2.24) is 4.90 Å². The highest BCUT2D eigenvalue weighted by atomic mass is 16.5. The lowest BCUT2D eigenvalue weighted by atomic mass is 9.80. The molecule has 3 rings (SSSR count). The first-order valence-electron chi connectivity index (χ1n) is 10.3. The van der Waals surface area contributed by atoms with E-state index in [1.54, 1.807) is 0 Å². The van der Waals surface area contributed by atoms with Crippen LogP contribution in [0.4, 0.5) is 5.69 Å². The van der Waals surface area contributed by atoms with Crippen LogP contribution >= 0.6 is 0 Å². The van der Waals surface area contributed by atoms with Crippen LogP contribution in [0.2, 0.25) is 0 Å². The zero-order valence-corrected chi connectivity index (χ0v) is 17.4. The van der Waals surface area contributed by atoms with Crippen molar-refractivity contribution >= 4 is 11.5 Å². The van der Waals surface area contributed by atoms with Gasteiger partial charge in [-0.3, -0.25) is 9.69 Å². The average molecular weight is 381 g/mol. The summed E-state index contributed by atoms with van der Waals surface area (Å²) in [5, 5.41) is 0. The number of ketones is 1. The van der Waals surface area contributed by atoms with E-state index in [1.165, 1.54) is 5.56 Å². The van der Waals surface area contributed by atoms with Gasteiger partial charge in [0.15, 0.2) is 5.78 Å². The molecule has 1 saturated heterocycles. The number of hydrogen-bond acceptors (Lipinski definition) is 4. The topological polar surface area (TPSA) is 32.8 Å². The van der Waals surface area contributed by atoms with Gasteiger partial charge in [0, 0.05) is 24.3 Å². The fourth-order valence-corrected chi connectivity index (χ4v) is 4.10. The number of aryl methyl sites for hydroxylation is 1. The molecule has 0 amide bonds. The van der Waals surface area contributed by atoms with Gasteiger partial charge in [0.25, 0.3) is 0 Å². The lowest BCUT2D eigenvalue weighted by Crippen LogP contribution is -2.51. The Hall–Kier alpha value is -2.17. The Labute approximate surface area is 169 Å². The second-order valence-electron chi connectivity index (χ2n) is 7.74. The molecule has 0 radical (unpaired) electrons. The minimum Gasteiger partial charge on any atom is -0.378 e. The molecule has 0 aromatic heterocycles. The van der Waals surface area contributed by atoms with Gasteiger partial charge in [-0.1, -0.05) is 37.3 Å². The zero-order valence-electron chi connectivity index (χ0n) is 17.4. The van der Waals surface area contributed by atoms with Gasteiger partial charge in [0.1, 0.15) is 0 Å². The highest BCUT2D eigenvalue weighted by molar-refractivity contribution is 6.03. The van der Waals surface area contributed by atoms with Gasteiger partial charge in [-0.2, -0.15) is 0 Å². The summed E-state index contributed by atoms with van der Waals surface area (Å²) >= 11 is 0. The molecular formula is C24H32N2O2. The van der Waals surface area contributed by atoms with E-state index in [0.717, 1.165) is 56.8 Å². The Balaban J connectivity index is 1.78. The SMILES string of the molecule is CCC(CCc1ccccc1)(C(=O)c1ccc(N2CCOCC2)cc1)N(C)C. The van der Waals surface area contributed by atoms with Crippen LogP contribution in [0.5, 0.6) is 0 Å². The van der Waals surface area contributed by atoms with Crippen LogP contribution < -0.4 is 4.90 Å². The summed E-state index contributed by atoms with van der Waals surface area (Å²) in [6.07, 6.45) is 2.49. The first-order chi connectivity index (χ1) is 13.6. The number of benzene rings is 2. The number of rotatable bonds is 8. The zero-order chi connectivity index (χ0) is 20.0. The third-order valence-corrected chi connectivity index (χ3v) is 6.04. The van der Waals surface area contributed by atoms with Gasteiger partial charge in [-0.25, -0.2) is 0 Å². The summed E-state index contributed by atoms with van der Waals surface area (Å²) < 4.78 is 5.43. The fourth-order valence-electron chi connectivity index (χ4n) is 4.10. The molecule has 2 aromatic rings. The number of ether oxygens (including phenoxy) is 1. The highest BCUT2D eigenvalue weighted by Crippen LogP contribution is 2.29. The molecule has 28 heavy (non-hydrogen) atoms. The number of nitrogens with zero attached hydrogens (tertiary/aromatic N) is 2. The number of anilines is 1. The molecule has 1 fully saturated rings. The Morgan fingerprint density at radius 3 is 2.25 bits per heavy atom. The van der Waals surface area contributed by atoms with Crippen LogP contribution in [0, 0.1) is 0 Å². The van der Waals surface area contributed by atoms with E-state index in [9.17, 15) is 4.79 Å². The molecular weight excluding hydrogens is 348 g/mol. The maximum absolute atomic E-state index is 13.6. The van der Waals surface area contributed by atoms with Crippen molar-refractivity contribution < 1.29 is 9.53 Å². The minimum absolute atomic E-state index is 0.212. The summed E-state index contributed by atoms with van der Waals surface area (Å²) in [5.41, 5.74) is 2.74. The van der Waals surface area contributed by atoms with E-state index in [1.807, 2.05) is 32.3 Å². The molecule has 4 nitrogen and oxygen atoms in total. The van der Waals surface area contributed by atoms with Gasteiger partial charge in [0.2, 0.25) is 0 Å². The summed E-state index contributed by atoms with van der Waals surface area (Å²) in [6, 6.07) is 18.6. The standard InChI is InChI=1S/C24H32N2O2/c1-4-24(25(2)3,15-14-20-8-6-5-7-9-20)23(27)21-10-12-22(13-11-21)26-16-18-28-19-17-26/h5-13H,4,14-19H2,1-3H3. The Morgan fingerprint density at radius 2 is 1.68 bits per heavy atom. The van der Waals surface area contributed by atoms with Crippen molar-refractivity contribution in [1.29, 1.82) is 0 Å². The monoisotopic (exact) mass is 380 g/mol. The van der Waals surface area contributed by atoms with E-state index in [4.69, 9.17) is 4.74 Å². The summed E-state index contributed by atoms with van der Waals surface area (Å²) in [4.78, 5) is 18.0. The predicted octanol–water partition coefficient (Wildman–Crippen LogP) is 4.05. The maximum Gasteiger partial charge on any atom is 0.183 e. The van der Waals surface area contributed by atoms with Crippen molar-refractivity contribution in [2.45, 2.75) is 31.7 Å². The van der Waals surface area contributed by atoms with Crippen molar-refractivity contribution in [2.75, 3.05) is 45.3 Å². The summed E-state index contributed by atoms with van der Waals surface area (Å²) in [6.45, 7) is 5.45. The molecule has 150 valence electrons. The molecule has 1 atom stereocenters. The highest BCUT2D eigenvalue weighted by Gasteiger charge is 2.38. The first-order valence-corrected chi connectivity index (χ1v) is 10.3. The minimum atomic E-state index is -0.490. The van der Waals surface area contributed by atoms with E-state index >= 15 is 0 Å². The summed E-state index contributed by atoms with van der Waals surface area (Å²) in [5.74, 6) is 0.212. The van der Waals surface area contributed by atoms with Crippen LogP contribution in [0.3, 0.4) is 0 Å². The number of hydrogen-bond donors (Lipinski definition) is 0. The Bertz CT molecular complexity index is 752. The number of morpholine rings is 1. The predicted molar refractivity (Wildman–Crippen MR) is 115 cm³/mol. The number of carbonyl (C=O) groups excluding carboxylic acids is 1. The van der Waals surface area contributed by atoms with Crippen LogP contribution in [0.15, 0.2) is 54.6 Å². The quantitative estimate of drug-likeness (QED) is 0.647. The van der Waals surface area contributed by atoms with Crippen molar-refractivity contribution in [2.24, 2.45) is 0 Å². The third kappa shape index (κ3) is 4.45. The van der Waals surface area contributed by atoms with E-state index in [-0.39, 0.29) is 5.78 Å². The van der Waals surface area contributed by atoms with Crippen molar-refractivity contribution in [3.05, 3.63) is 65.7 Å². The average Bonchev–Trinajstić information content (AvgIpc) is 2.75. The molecule has 0 saturated carbocycles. The van der Waals surface area contributed by atoms with Gasteiger partial charge in [-0.15, -0.1) is 0 Å². The van der Waals surface area contributed by atoms with Crippen LogP contribution in [-0.2, 0) is 11.2 Å². The molecule has 0 N–H and O–H groups in total. The van der Waals surface area contributed by atoms with Gasteiger partial charge in [-0.05, 0) is 63.2 Å². The van der Waals surface area contributed by atoms with Crippen molar-refractivity contribution in [3.63, 3.8) is 0 Å². The van der Waals surface area contributed by atoms with Gasteiger partial charge in [0.05, 0.1) is 18.8 Å². The lowest BCUT2D eigenvalue weighted by molar-refractivity contribution is 0.0643. The molecule has 0 spiro atoms. The molecule has 1 heterocycles. The van der Waals surface area contributed by atoms with E-state index < -0.39 is 5.54 Å². The number of likely N-dealkylation sites (N-methyl/N-ethyl adjacent to an activating group) is 1. The van der Waals surface area contributed by atoms with Crippen molar-refractivity contribution in [3.8, 4) is 0 Å². The summed E-state index contributed by atoms with van der Waals surface area (Å²) in [7, 11) is 4.04. The van der Waals surface area contributed by atoms with E-state index in [2.05, 4.69) is 53.1 Å². The van der Waals surface area contributed by atoms with Gasteiger partial charge < -0.3 is 9.64 Å². The Kier molecular flexibility index (Phi) is 6.87. The second kappa shape index (κ2) is 9.35. The largest absolute Gasteiger partial charge is 0.378 e. The first kappa shape index (κ1) is 20.6. The molecule has 1 aliphatic heterocycles. The maximum atomic E-state index is 13.6. The third-order valence-electron chi connectivity index (χ3n) is 6.04. The smallest absolute Gasteiger partial charge is 0.183 e. The van der Waals surface area contributed by atoms with Gasteiger partial charge >= 0.3 is 0 Å². The molecule has 1 unspecified atom stereocenters. The fraction of sp³-hybridized carbons (Fsp3) is 0.458. The normalized spacial score (nSPS) is 16.8. The van der Waals surface area contributed by atoms with Crippen LogP contribution in [0.1, 0.15) is 35.7 Å². The molecule has 0 aliphatic carbocycles. The Morgan fingerprint density at radius 1 is 1.04 bits per heavy atom. The van der Waals surface area contributed by atoms with Crippen LogP contribution in [-0.4, -0.2) is 56.6 Å². The second-order valence-corrected chi connectivity index (χ2v) is 7.74. The number of carbonyl (C=O) groups is 1. The molecule has 4 heteroatoms. The molecule has 1 aliphatic rings. The van der Waals surface area contributed by atoms with E-state index in [0.29, 0.717) is 0 Å².